The summed E-state index contributed by atoms with van der Waals surface area (Å²) in [6.07, 6.45) is 0.411. The van der Waals surface area contributed by atoms with Gasteiger partial charge in [0.05, 0.1) is 5.56 Å². The summed E-state index contributed by atoms with van der Waals surface area (Å²) in [5, 5.41) is 2.82. The SMILES string of the molecule is Cc1cn(-c2ccc(C(F)(F)F)cc2)c(=NC(=O)NC2CCC2)s1. The maximum atomic E-state index is 12.7. The second-order valence-electron chi connectivity index (χ2n) is 5.73. The monoisotopic (exact) mass is 355 g/mol. The molecule has 0 radical (unpaired) electrons. The average Bonchev–Trinajstić information content (AvgIpc) is 2.83. The first-order valence-electron chi connectivity index (χ1n) is 7.55. The Morgan fingerprint density at radius 2 is 1.96 bits per heavy atom. The zero-order valence-corrected chi connectivity index (χ0v) is 13.7. The van der Waals surface area contributed by atoms with Crippen LogP contribution in [0, 0.1) is 6.92 Å². The second-order valence-corrected chi connectivity index (χ2v) is 6.94. The first kappa shape index (κ1) is 16.8. The minimum atomic E-state index is -4.37. The van der Waals surface area contributed by atoms with E-state index in [2.05, 4.69) is 10.3 Å². The van der Waals surface area contributed by atoms with Gasteiger partial charge in [0.25, 0.3) is 0 Å². The molecule has 1 fully saturated rings. The lowest BCUT2D eigenvalue weighted by Gasteiger charge is -2.25. The second kappa shape index (κ2) is 6.43. The zero-order valence-electron chi connectivity index (χ0n) is 12.9. The normalized spacial score (nSPS) is 16.1. The summed E-state index contributed by atoms with van der Waals surface area (Å²) >= 11 is 1.31. The number of alkyl halides is 3. The number of carbonyl (C=O) groups excluding carboxylic acids is 1. The van der Waals surface area contributed by atoms with Crippen molar-refractivity contribution in [3.63, 3.8) is 0 Å². The van der Waals surface area contributed by atoms with E-state index in [1.54, 1.807) is 10.8 Å². The largest absolute Gasteiger partial charge is 0.416 e. The average molecular weight is 355 g/mol. The fourth-order valence-electron chi connectivity index (χ4n) is 2.38. The summed E-state index contributed by atoms with van der Waals surface area (Å²) < 4.78 is 39.6. The van der Waals surface area contributed by atoms with E-state index in [0.717, 1.165) is 36.3 Å². The lowest BCUT2D eigenvalue weighted by atomic mass is 9.93. The number of amides is 2. The molecule has 24 heavy (non-hydrogen) atoms. The van der Waals surface area contributed by atoms with Crippen molar-refractivity contribution in [2.45, 2.75) is 38.4 Å². The lowest BCUT2D eigenvalue weighted by Crippen LogP contribution is -2.38. The Balaban J connectivity index is 1.89. The van der Waals surface area contributed by atoms with Gasteiger partial charge in [-0.2, -0.15) is 18.2 Å². The highest BCUT2D eigenvalue weighted by Crippen LogP contribution is 2.29. The summed E-state index contributed by atoms with van der Waals surface area (Å²) in [5.74, 6) is 0. The van der Waals surface area contributed by atoms with E-state index < -0.39 is 17.8 Å². The Hall–Kier alpha value is -2.09. The molecular weight excluding hydrogens is 339 g/mol. The third kappa shape index (κ3) is 3.69. The van der Waals surface area contributed by atoms with Crippen LogP contribution in [-0.2, 0) is 6.18 Å². The molecule has 0 saturated heterocycles. The minimum absolute atomic E-state index is 0.182. The van der Waals surface area contributed by atoms with Gasteiger partial charge in [0.1, 0.15) is 0 Å². The van der Waals surface area contributed by atoms with Gasteiger partial charge in [-0.15, -0.1) is 11.3 Å². The highest BCUT2D eigenvalue weighted by Gasteiger charge is 2.30. The van der Waals surface area contributed by atoms with Gasteiger partial charge in [-0.05, 0) is 50.5 Å². The Bertz CT molecular complexity index is 801. The molecule has 2 aromatic rings. The molecule has 1 aliphatic carbocycles. The molecule has 128 valence electrons. The summed E-state index contributed by atoms with van der Waals surface area (Å²) in [5.41, 5.74) is -0.178. The van der Waals surface area contributed by atoms with Crippen LogP contribution in [0.2, 0.25) is 0 Å². The molecule has 8 heteroatoms. The number of rotatable bonds is 2. The van der Waals surface area contributed by atoms with Crippen molar-refractivity contribution in [3.05, 3.63) is 45.7 Å². The van der Waals surface area contributed by atoms with Crippen LogP contribution in [0.3, 0.4) is 0 Å². The summed E-state index contributed by atoms with van der Waals surface area (Å²) in [6, 6.07) is 4.56. The van der Waals surface area contributed by atoms with Crippen molar-refractivity contribution < 1.29 is 18.0 Å². The summed E-state index contributed by atoms with van der Waals surface area (Å²) in [4.78, 5) is 17.4. The van der Waals surface area contributed by atoms with Crippen LogP contribution >= 0.6 is 11.3 Å². The molecule has 1 saturated carbocycles. The van der Waals surface area contributed by atoms with Crippen LogP contribution < -0.4 is 10.1 Å². The standard InChI is InChI=1S/C16H16F3N3OS/c1-10-9-22(13-7-5-11(6-8-13)16(17,18)19)15(24-10)21-14(23)20-12-3-2-4-12/h5-9,12H,2-4H2,1H3,(H,20,23). The molecular formula is C16H16F3N3OS. The van der Waals surface area contributed by atoms with Gasteiger partial charge in [-0.25, -0.2) is 4.79 Å². The van der Waals surface area contributed by atoms with Crippen molar-refractivity contribution in [3.8, 4) is 5.69 Å². The number of nitrogens with zero attached hydrogens (tertiary/aromatic N) is 2. The first-order valence-corrected chi connectivity index (χ1v) is 8.36. The van der Waals surface area contributed by atoms with Crippen LogP contribution in [0.1, 0.15) is 29.7 Å². The molecule has 2 amide bonds. The van der Waals surface area contributed by atoms with Crippen molar-refractivity contribution >= 4 is 17.4 Å². The van der Waals surface area contributed by atoms with Crippen molar-refractivity contribution in [1.82, 2.24) is 9.88 Å². The fourth-order valence-corrected chi connectivity index (χ4v) is 3.21. The van der Waals surface area contributed by atoms with E-state index in [-0.39, 0.29) is 6.04 Å². The quantitative estimate of drug-likeness (QED) is 0.869. The van der Waals surface area contributed by atoms with Gasteiger partial charge >= 0.3 is 12.2 Å². The number of hydrogen-bond acceptors (Lipinski definition) is 2. The highest BCUT2D eigenvalue weighted by atomic mass is 32.1. The minimum Gasteiger partial charge on any atom is -0.333 e. The molecule has 1 heterocycles. The van der Waals surface area contributed by atoms with Crippen LogP contribution in [0.4, 0.5) is 18.0 Å². The summed E-state index contributed by atoms with van der Waals surface area (Å²) in [7, 11) is 0. The Labute approximate surface area is 140 Å². The topological polar surface area (TPSA) is 46.4 Å². The number of nitrogens with one attached hydrogen (secondary N) is 1. The predicted octanol–water partition coefficient (Wildman–Crippen LogP) is 4.03. The van der Waals surface area contributed by atoms with E-state index in [9.17, 15) is 18.0 Å². The highest BCUT2D eigenvalue weighted by molar-refractivity contribution is 7.09. The Morgan fingerprint density at radius 3 is 2.50 bits per heavy atom. The smallest absolute Gasteiger partial charge is 0.333 e. The predicted molar refractivity (Wildman–Crippen MR) is 85.1 cm³/mol. The Kier molecular flexibility index (Phi) is 4.49. The maximum Gasteiger partial charge on any atom is 0.416 e. The summed E-state index contributed by atoms with van der Waals surface area (Å²) in [6.45, 7) is 1.86. The number of halogens is 3. The molecule has 0 spiro atoms. The van der Waals surface area contributed by atoms with Crippen molar-refractivity contribution in [2.75, 3.05) is 0 Å². The molecule has 0 bridgehead atoms. The number of urea groups is 1. The van der Waals surface area contributed by atoms with Gasteiger partial charge in [-0.3, -0.25) is 4.57 Å². The molecule has 1 aromatic heterocycles. The van der Waals surface area contributed by atoms with Crippen LogP contribution in [0.25, 0.3) is 5.69 Å². The molecule has 1 aromatic carbocycles. The van der Waals surface area contributed by atoms with Gasteiger partial charge in [0.2, 0.25) is 0 Å². The lowest BCUT2D eigenvalue weighted by molar-refractivity contribution is -0.137. The van der Waals surface area contributed by atoms with E-state index in [4.69, 9.17) is 0 Å². The van der Waals surface area contributed by atoms with Crippen LogP contribution in [0.5, 0.6) is 0 Å². The van der Waals surface area contributed by atoms with Crippen LogP contribution in [0.15, 0.2) is 35.5 Å². The van der Waals surface area contributed by atoms with E-state index in [1.165, 1.54) is 23.5 Å². The molecule has 0 aliphatic heterocycles. The molecule has 4 nitrogen and oxygen atoms in total. The van der Waals surface area contributed by atoms with Crippen molar-refractivity contribution in [2.24, 2.45) is 4.99 Å². The van der Waals surface area contributed by atoms with Gasteiger partial charge in [0.15, 0.2) is 4.80 Å². The maximum absolute atomic E-state index is 12.7. The van der Waals surface area contributed by atoms with Crippen LogP contribution in [-0.4, -0.2) is 16.6 Å². The molecule has 1 N–H and O–H groups in total. The third-order valence-electron chi connectivity index (χ3n) is 3.87. The Morgan fingerprint density at radius 1 is 1.29 bits per heavy atom. The zero-order chi connectivity index (χ0) is 17.3. The molecule has 0 unspecified atom stereocenters. The number of aryl methyl sites for hydroxylation is 1. The number of hydrogen-bond donors (Lipinski definition) is 1. The number of carbonyl (C=O) groups is 1. The van der Waals surface area contributed by atoms with E-state index >= 15 is 0 Å². The fraction of sp³-hybridized carbons (Fsp3) is 0.375. The van der Waals surface area contributed by atoms with Crippen molar-refractivity contribution in [1.29, 1.82) is 0 Å². The van der Waals surface area contributed by atoms with Gasteiger partial charge in [-0.1, -0.05) is 0 Å². The number of benzene rings is 1. The molecule has 3 rings (SSSR count). The number of aromatic nitrogens is 1. The van der Waals surface area contributed by atoms with E-state index in [0.29, 0.717) is 10.5 Å². The first-order chi connectivity index (χ1) is 11.3. The van der Waals surface area contributed by atoms with Gasteiger partial charge < -0.3 is 5.32 Å². The van der Waals surface area contributed by atoms with Gasteiger partial charge in [0, 0.05) is 22.8 Å². The number of thiazole rings is 1. The van der Waals surface area contributed by atoms with E-state index in [1.807, 2.05) is 6.92 Å². The third-order valence-corrected chi connectivity index (χ3v) is 4.77. The molecule has 1 aliphatic rings. The molecule has 0 atom stereocenters.